The summed E-state index contributed by atoms with van der Waals surface area (Å²) in [4.78, 5) is 5.01. The van der Waals surface area contributed by atoms with Crippen molar-refractivity contribution >= 4 is 16.7 Å². The highest BCUT2D eigenvalue weighted by molar-refractivity contribution is 5.79. The van der Waals surface area contributed by atoms with E-state index in [0.717, 1.165) is 39.1 Å². The molecule has 0 saturated heterocycles. The molecule has 0 N–H and O–H groups in total. The second-order valence-electron chi connectivity index (χ2n) is 7.05. The van der Waals surface area contributed by atoms with Crippen LogP contribution in [-0.4, -0.2) is 7.11 Å². The maximum Gasteiger partial charge on any atom is 0.136 e. The Bertz CT molecular complexity index is 1220. The Morgan fingerprint density at radius 2 is 1.64 bits per heavy atom. The van der Waals surface area contributed by atoms with E-state index in [2.05, 4.69) is 45.0 Å². The van der Waals surface area contributed by atoms with Gasteiger partial charge in [-0.3, -0.25) is 0 Å². The summed E-state index contributed by atoms with van der Waals surface area (Å²) in [5.74, 6) is 1.60. The molecule has 0 aliphatic carbocycles. The lowest BCUT2D eigenvalue weighted by atomic mass is 10.1. The van der Waals surface area contributed by atoms with Crippen LogP contribution in [0.3, 0.4) is 0 Å². The Morgan fingerprint density at radius 3 is 2.39 bits per heavy atom. The van der Waals surface area contributed by atoms with Crippen molar-refractivity contribution in [1.29, 1.82) is 0 Å². The molecule has 0 unspecified atom stereocenters. The topological polar surface area (TPSA) is 34.7 Å². The molecule has 3 nitrogen and oxygen atoms in total. The molecular formula is C25H23NO2. The first-order valence-electron chi connectivity index (χ1n) is 9.35. The first-order valence-corrected chi connectivity index (χ1v) is 9.35. The number of fused-ring (bicyclic) bond motifs is 1. The van der Waals surface area contributed by atoms with Gasteiger partial charge in [0.15, 0.2) is 0 Å². The van der Waals surface area contributed by atoms with Crippen LogP contribution in [-0.2, 0) is 0 Å². The Hall–Kier alpha value is -3.33. The molecular weight excluding hydrogens is 346 g/mol. The van der Waals surface area contributed by atoms with E-state index in [1.165, 1.54) is 16.7 Å². The number of aryl methyl sites for hydroxylation is 2. The van der Waals surface area contributed by atoms with Crippen molar-refractivity contribution in [3.63, 3.8) is 0 Å². The zero-order valence-electron chi connectivity index (χ0n) is 16.6. The van der Waals surface area contributed by atoms with E-state index in [-0.39, 0.29) is 0 Å². The lowest BCUT2D eigenvalue weighted by Gasteiger charge is -2.08. The normalized spacial score (nSPS) is 11.8. The molecule has 28 heavy (non-hydrogen) atoms. The van der Waals surface area contributed by atoms with Crippen molar-refractivity contribution in [2.45, 2.75) is 20.8 Å². The molecule has 1 heterocycles. The smallest absolute Gasteiger partial charge is 0.136 e. The average Bonchev–Trinajstić information content (AvgIpc) is 2.71. The standard InChI is InChI=1S/C25H23NO2/c1-16-8-13-24-21(14-16)23(26-22-7-5-6-17(2)18(22)3)15-25(28-24)19-9-11-20(27-4)12-10-19/h5-15H,1-4H3. The van der Waals surface area contributed by atoms with Crippen molar-refractivity contribution < 1.29 is 9.15 Å². The summed E-state index contributed by atoms with van der Waals surface area (Å²) in [5.41, 5.74) is 6.39. The van der Waals surface area contributed by atoms with Gasteiger partial charge in [0.05, 0.1) is 18.2 Å². The molecule has 140 valence electrons. The molecule has 0 aliphatic rings. The quantitative estimate of drug-likeness (QED) is 0.427. The Labute approximate surface area is 165 Å². The minimum atomic E-state index is 0.781. The first-order chi connectivity index (χ1) is 13.5. The maximum atomic E-state index is 6.21. The number of benzene rings is 3. The zero-order chi connectivity index (χ0) is 19.7. The number of nitrogens with zero attached hydrogens (tertiary/aromatic N) is 1. The van der Waals surface area contributed by atoms with E-state index in [1.807, 2.05) is 42.5 Å². The zero-order valence-corrected chi connectivity index (χ0v) is 16.6. The van der Waals surface area contributed by atoms with Crippen LogP contribution in [0.1, 0.15) is 16.7 Å². The first kappa shape index (κ1) is 18.1. The van der Waals surface area contributed by atoms with Crippen LogP contribution in [0.4, 0.5) is 5.69 Å². The highest BCUT2D eigenvalue weighted by atomic mass is 16.5. The number of hydrogen-bond acceptors (Lipinski definition) is 3. The monoisotopic (exact) mass is 369 g/mol. The Balaban J connectivity index is 1.98. The van der Waals surface area contributed by atoms with Gasteiger partial charge >= 0.3 is 0 Å². The molecule has 0 fully saturated rings. The third-order valence-corrected chi connectivity index (χ3v) is 5.09. The lowest BCUT2D eigenvalue weighted by Crippen LogP contribution is -2.04. The van der Waals surface area contributed by atoms with Gasteiger partial charge in [-0.25, -0.2) is 4.99 Å². The summed E-state index contributed by atoms with van der Waals surface area (Å²) in [6.45, 7) is 6.30. The van der Waals surface area contributed by atoms with Gasteiger partial charge in [0, 0.05) is 17.0 Å². The molecule has 0 bridgehead atoms. The summed E-state index contributed by atoms with van der Waals surface area (Å²) >= 11 is 0. The Morgan fingerprint density at radius 1 is 0.857 bits per heavy atom. The van der Waals surface area contributed by atoms with E-state index in [0.29, 0.717) is 0 Å². The van der Waals surface area contributed by atoms with Crippen LogP contribution in [0.2, 0.25) is 0 Å². The molecule has 1 aromatic heterocycles. The largest absolute Gasteiger partial charge is 0.497 e. The van der Waals surface area contributed by atoms with Crippen molar-refractivity contribution in [1.82, 2.24) is 0 Å². The fraction of sp³-hybridized carbons (Fsp3) is 0.160. The SMILES string of the molecule is COc1ccc(-c2cc(=Nc3cccc(C)c3C)c3cc(C)ccc3o2)cc1. The molecule has 4 rings (SSSR count). The number of methoxy groups -OCH3 is 1. The van der Waals surface area contributed by atoms with Crippen LogP contribution < -0.4 is 10.1 Å². The van der Waals surface area contributed by atoms with Gasteiger partial charge in [-0.2, -0.15) is 0 Å². The summed E-state index contributed by atoms with van der Waals surface area (Å²) < 4.78 is 11.5. The van der Waals surface area contributed by atoms with Crippen molar-refractivity contribution in [2.24, 2.45) is 4.99 Å². The molecule has 3 heteroatoms. The lowest BCUT2D eigenvalue weighted by molar-refractivity contribution is 0.415. The highest BCUT2D eigenvalue weighted by Gasteiger charge is 2.08. The van der Waals surface area contributed by atoms with Gasteiger partial charge in [-0.1, -0.05) is 23.8 Å². The van der Waals surface area contributed by atoms with Crippen LogP contribution >= 0.6 is 0 Å². The van der Waals surface area contributed by atoms with E-state index in [9.17, 15) is 0 Å². The molecule has 0 saturated carbocycles. The van der Waals surface area contributed by atoms with Crippen LogP contribution in [0.15, 0.2) is 76.1 Å². The van der Waals surface area contributed by atoms with Gasteiger partial charge in [0.25, 0.3) is 0 Å². The summed E-state index contributed by atoms with van der Waals surface area (Å²) in [6.07, 6.45) is 0. The predicted molar refractivity (Wildman–Crippen MR) is 114 cm³/mol. The van der Waals surface area contributed by atoms with E-state index in [1.54, 1.807) is 7.11 Å². The van der Waals surface area contributed by atoms with E-state index < -0.39 is 0 Å². The molecule has 4 aromatic rings. The van der Waals surface area contributed by atoms with Crippen LogP contribution in [0.5, 0.6) is 5.75 Å². The second kappa shape index (κ2) is 7.35. The van der Waals surface area contributed by atoms with Gasteiger partial charge in [-0.05, 0) is 74.4 Å². The predicted octanol–water partition coefficient (Wildman–Crippen LogP) is 6.27. The average molecular weight is 369 g/mol. The minimum Gasteiger partial charge on any atom is -0.497 e. The fourth-order valence-corrected chi connectivity index (χ4v) is 3.26. The molecule has 0 spiro atoms. The Kier molecular flexibility index (Phi) is 4.74. The number of rotatable bonds is 3. The van der Waals surface area contributed by atoms with Crippen molar-refractivity contribution in [2.75, 3.05) is 7.11 Å². The van der Waals surface area contributed by atoms with Gasteiger partial charge < -0.3 is 9.15 Å². The van der Waals surface area contributed by atoms with Gasteiger partial charge in [-0.15, -0.1) is 0 Å². The van der Waals surface area contributed by atoms with Crippen LogP contribution in [0, 0.1) is 20.8 Å². The third-order valence-electron chi connectivity index (χ3n) is 5.09. The molecule has 0 amide bonds. The summed E-state index contributed by atoms with van der Waals surface area (Å²) in [6, 6.07) is 22.3. The van der Waals surface area contributed by atoms with E-state index >= 15 is 0 Å². The van der Waals surface area contributed by atoms with E-state index in [4.69, 9.17) is 14.1 Å². The number of ether oxygens (including phenoxy) is 1. The van der Waals surface area contributed by atoms with Crippen molar-refractivity contribution in [3.8, 4) is 17.1 Å². The molecule has 3 aromatic carbocycles. The second-order valence-corrected chi connectivity index (χ2v) is 7.05. The summed E-state index contributed by atoms with van der Waals surface area (Å²) in [5, 5.41) is 1.92. The maximum absolute atomic E-state index is 6.21. The third kappa shape index (κ3) is 3.44. The number of hydrogen-bond donors (Lipinski definition) is 0. The van der Waals surface area contributed by atoms with Crippen LogP contribution in [0.25, 0.3) is 22.3 Å². The van der Waals surface area contributed by atoms with Gasteiger partial charge in [0.2, 0.25) is 0 Å². The van der Waals surface area contributed by atoms with Crippen molar-refractivity contribution in [3.05, 3.63) is 88.8 Å². The fourth-order valence-electron chi connectivity index (χ4n) is 3.26. The highest BCUT2D eigenvalue weighted by Crippen LogP contribution is 2.26. The molecule has 0 radical (unpaired) electrons. The summed E-state index contributed by atoms with van der Waals surface area (Å²) in [7, 11) is 1.67. The van der Waals surface area contributed by atoms with Gasteiger partial charge in [0.1, 0.15) is 17.1 Å². The minimum absolute atomic E-state index is 0.781. The molecule has 0 atom stereocenters. The molecule has 0 aliphatic heterocycles.